The Morgan fingerprint density at radius 2 is 2.10 bits per heavy atom. The second kappa shape index (κ2) is 3.90. The summed E-state index contributed by atoms with van der Waals surface area (Å²) in [6, 6.07) is 0. The monoisotopic (exact) mass is 165 g/mol. The van der Waals surface area contributed by atoms with E-state index < -0.39 is 10.2 Å². The zero-order valence-corrected chi connectivity index (χ0v) is 6.89. The number of hydrogen-bond acceptors (Lipinski definition) is 2. The molecule has 0 fully saturated rings. The minimum Gasteiger partial charge on any atom is -0.216 e. The maximum atomic E-state index is 10.5. The molecule has 10 heavy (non-hydrogen) atoms. The summed E-state index contributed by atoms with van der Waals surface area (Å²) in [6.07, 6.45) is 1.47. The van der Waals surface area contributed by atoms with E-state index in [0.29, 0.717) is 6.54 Å². The molecule has 0 heterocycles. The Balaban J connectivity index is 3.75. The van der Waals surface area contributed by atoms with Crippen molar-refractivity contribution < 1.29 is 8.42 Å². The summed E-state index contributed by atoms with van der Waals surface area (Å²) in [4.78, 5) is 0. The first-order chi connectivity index (χ1) is 4.48. The Bertz CT molecular complexity index is 176. The van der Waals surface area contributed by atoms with E-state index in [0.717, 1.165) is 17.1 Å². The largest absolute Gasteiger partial charge is 0.276 e. The zero-order chi connectivity index (χ0) is 8.20. The molecule has 1 radical (unpaired) electrons. The fraction of sp³-hybridized carbons (Fsp3) is 0.800. The Labute approximate surface area is 62.2 Å². The van der Waals surface area contributed by atoms with Crippen molar-refractivity contribution in [2.24, 2.45) is 5.14 Å². The molecule has 61 valence electrons. The summed E-state index contributed by atoms with van der Waals surface area (Å²) in [7, 11) is -2.02. The van der Waals surface area contributed by atoms with Gasteiger partial charge in [0.1, 0.15) is 0 Å². The molecular weight excluding hydrogens is 152 g/mol. The smallest absolute Gasteiger partial charge is 0.216 e. The summed E-state index contributed by atoms with van der Waals surface area (Å²) < 4.78 is 22.2. The van der Waals surface area contributed by atoms with Crippen molar-refractivity contribution in [1.82, 2.24) is 4.31 Å². The predicted octanol–water partition coefficient (Wildman–Crippen LogP) is -0.264. The van der Waals surface area contributed by atoms with Gasteiger partial charge in [0.15, 0.2) is 0 Å². The van der Waals surface area contributed by atoms with Gasteiger partial charge in [-0.25, -0.2) is 5.14 Å². The van der Waals surface area contributed by atoms with E-state index in [9.17, 15) is 8.42 Å². The molecule has 0 aliphatic rings. The molecule has 5 heteroatoms. The predicted molar refractivity (Wildman–Crippen MR) is 40.3 cm³/mol. The molecule has 4 nitrogen and oxygen atoms in total. The van der Waals surface area contributed by atoms with Crippen LogP contribution in [0.5, 0.6) is 0 Å². The van der Waals surface area contributed by atoms with E-state index in [1.54, 1.807) is 0 Å². The van der Waals surface area contributed by atoms with Crippen molar-refractivity contribution in [2.45, 2.75) is 12.8 Å². The van der Waals surface area contributed by atoms with Crippen molar-refractivity contribution in [3.05, 3.63) is 6.92 Å². The molecule has 0 unspecified atom stereocenters. The van der Waals surface area contributed by atoms with Gasteiger partial charge in [-0.1, -0.05) is 13.3 Å². The molecule has 0 aromatic rings. The molecule has 0 bridgehead atoms. The summed E-state index contributed by atoms with van der Waals surface area (Å²) >= 11 is 0. The van der Waals surface area contributed by atoms with Crippen LogP contribution in [-0.4, -0.2) is 26.3 Å². The molecule has 2 N–H and O–H groups in total. The van der Waals surface area contributed by atoms with E-state index in [1.165, 1.54) is 7.05 Å². The highest BCUT2D eigenvalue weighted by Crippen LogP contribution is 1.93. The minimum absolute atomic E-state index is 0.447. The van der Waals surface area contributed by atoms with Gasteiger partial charge in [-0.2, -0.15) is 12.7 Å². The summed E-state index contributed by atoms with van der Waals surface area (Å²) in [5.74, 6) is 0. The third-order valence-electron chi connectivity index (χ3n) is 1.16. The average molecular weight is 165 g/mol. The highest BCUT2D eigenvalue weighted by Gasteiger charge is 2.08. The first-order valence-electron chi connectivity index (χ1n) is 3.02. The average Bonchev–Trinajstić information content (AvgIpc) is 1.80. The van der Waals surface area contributed by atoms with Crippen LogP contribution < -0.4 is 5.14 Å². The van der Waals surface area contributed by atoms with Gasteiger partial charge < -0.3 is 0 Å². The Morgan fingerprint density at radius 1 is 1.60 bits per heavy atom. The van der Waals surface area contributed by atoms with E-state index in [-0.39, 0.29) is 0 Å². The van der Waals surface area contributed by atoms with Gasteiger partial charge in [0.25, 0.3) is 10.2 Å². The van der Waals surface area contributed by atoms with Crippen LogP contribution in [0.1, 0.15) is 12.8 Å². The maximum absolute atomic E-state index is 10.5. The lowest BCUT2D eigenvalue weighted by Gasteiger charge is -2.11. The second-order valence-electron chi connectivity index (χ2n) is 2.07. The van der Waals surface area contributed by atoms with Crippen molar-refractivity contribution in [2.75, 3.05) is 13.6 Å². The lowest BCUT2D eigenvalue weighted by atomic mass is 10.3. The molecule has 0 saturated carbocycles. The lowest BCUT2D eigenvalue weighted by Crippen LogP contribution is -2.33. The van der Waals surface area contributed by atoms with Gasteiger partial charge in [-0.15, -0.1) is 0 Å². The summed E-state index contributed by atoms with van der Waals surface area (Å²) in [6.45, 7) is 4.02. The van der Waals surface area contributed by atoms with Gasteiger partial charge in [0.05, 0.1) is 0 Å². The minimum atomic E-state index is -3.47. The lowest BCUT2D eigenvalue weighted by molar-refractivity contribution is 0.463. The number of hydrogen-bond donors (Lipinski definition) is 1. The number of rotatable bonds is 4. The van der Waals surface area contributed by atoms with Crippen LogP contribution in [0.2, 0.25) is 0 Å². The third-order valence-corrected chi connectivity index (χ3v) is 2.21. The standard InChI is InChI=1S/C5H13N2O2S/c1-3-4-5-7(2)10(6,8)9/h1,3-5H2,2H3,(H2,6,8,9). The molecule has 0 atom stereocenters. The quantitative estimate of drug-likeness (QED) is 0.623. The summed E-state index contributed by atoms with van der Waals surface area (Å²) in [5.41, 5.74) is 0. The Morgan fingerprint density at radius 3 is 2.40 bits per heavy atom. The van der Waals surface area contributed by atoms with Crippen LogP contribution in [0.25, 0.3) is 0 Å². The molecular formula is C5H13N2O2S. The van der Waals surface area contributed by atoms with E-state index in [2.05, 4.69) is 6.92 Å². The first-order valence-corrected chi connectivity index (χ1v) is 4.52. The van der Waals surface area contributed by atoms with Gasteiger partial charge in [-0.3, -0.25) is 0 Å². The van der Waals surface area contributed by atoms with Crippen LogP contribution in [0, 0.1) is 6.92 Å². The first kappa shape index (κ1) is 9.87. The van der Waals surface area contributed by atoms with Crippen molar-refractivity contribution in [1.29, 1.82) is 0 Å². The SMILES string of the molecule is [CH2]CCCN(C)S(N)(=O)=O. The molecule has 0 aliphatic heterocycles. The normalized spacial score (nSPS) is 12.4. The highest BCUT2D eigenvalue weighted by atomic mass is 32.2. The van der Waals surface area contributed by atoms with Gasteiger partial charge in [-0.05, 0) is 6.42 Å². The Kier molecular flexibility index (Phi) is 3.85. The van der Waals surface area contributed by atoms with Crippen molar-refractivity contribution >= 4 is 10.2 Å². The topological polar surface area (TPSA) is 63.4 Å². The van der Waals surface area contributed by atoms with Crippen LogP contribution in [0.15, 0.2) is 0 Å². The van der Waals surface area contributed by atoms with Gasteiger partial charge in [0.2, 0.25) is 0 Å². The maximum Gasteiger partial charge on any atom is 0.276 e. The zero-order valence-electron chi connectivity index (χ0n) is 6.08. The molecule has 0 aromatic carbocycles. The second-order valence-corrected chi connectivity index (χ2v) is 3.73. The summed E-state index contributed by atoms with van der Waals surface area (Å²) in [5, 5.41) is 4.80. The van der Waals surface area contributed by atoms with Crippen LogP contribution in [-0.2, 0) is 10.2 Å². The molecule has 0 aliphatic carbocycles. The molecule has 0 rings (SSSR count). The van der Waals surface area contributed by atoms with Gasteiger partial charge >= 0.3 is 0 Å². The highest BCUT2D eigenvalue weighted by molar-refractivity contribution is 7.86. The third kappa shape index (κ3) is 3.81. The molecule has 0 amide bonds. The number of unbranched alkanes of at least 4 members (excludes halogenated alkanes) is 1. The van der Waals surface area contributed by atoms with Crippen LogP contribution >= 0.6 is 0 Å². The van der Waals surface area contributed by atoms with E-state index in [4.69, 9.17) is 5.14 Å². The van der Waals surface area contributed by atoms with Crippen molar-refractivity contribution in [3.8, 4) is 0 Å². The van der Waals surface area contributed by atoms with Crippen LogP contribution in [0.4, 0.5) is 0 Å². The number of nitrogens with zero attached hydrogens (tertiary/aromatic N) is 1. The molecule has 0 saturated heterocycles. The molecule has 0 aromatic heterocycles. The van der Waals surface area contributed by atoms with E-state index >= 15 is 0 Å². The van der Waals surface area contributed by atoms with Crippen LogP contribution in [0.3, 0.4) is 0 Å². The fourth-order valence-corrected chi connectivity index (χ4v) is 0.845. The van der Waals surface area contributed by atoms with Gasteiger partial charge in [0, 0.05) is 13.6 Å². The fourth-order valence-electron chi connectivity index (χ4n) is 0.462. The van der Waals surface area contributed by atoms with E-state index in [1.807, 2.05) is 0 Å². The number of nitrogens with two attached hydrogens (primary N) is 1. The Hall–Kier alpha value is -0.130. The molecule has 0 spiro atoms. The van der Waals surface area contributed by atoms with Crippen molar-refractivity contribution in [3.63, 3.8) is 0 Å².